The molecule has 11 heteroatoms. The lowest BCUT2D eigenvalue weighted by Crippen LogP contribution is -2.49. The van der Waals surface area contributed by atoms with Crippen molar-refractivity contribution in [2.75, 3.05) is 50.1 Å². The van der Waals surface area contributed by atoms with Crippen molar-refractivity contribution in [3.63, 3.8) is 0 Å². The molecule has 1 amide bonds. The van der Waals surface area contributed by atoms with E-state index in [1.54, 1.807) is 37.0 Å². The summed E-state index contributed by atoms with van der Waals surface area (Å²) in [6, 6.07) is 5.12. The maximum Gasteiger partial charge on any atom is 0.238 e. The van der Waals surface area contributed by atoms with Crippen molar-refractivity contribution >= 4 is 40.2 Å². The summed E-state index contributed by atoms with van der Waals surface area (Å²) in [7, 11) is 3.36. The Morgan fingerprint density at radius 1 is 1.24 bits per heavy atom. The van der Waals surface area contributed by atoms with Gasteiger partial charge >= 0.3 is 0 Å². The van der Waals surface area contributed by atoms with E-state index in [1.165, 1.54) is 6.33 Å². The molecule has 2 aromatic heterocycles. The second-order valence-electron chi connectivity index (χ2n) is 6.74. The zero-order valence-electron chi connectivity index (χ0n) is 16.2. The predicted molar refractivity (Wildman–Crippen MR) is 109 cm³/mol. The molecule has 0 unspecified atom stereocenters. The highest BCUT2D eigenvalue weighted by molar-refractivity contribution is 6.31. The molecule has 0 aliphatic carbocycles. The number of benzene rings is 1. The van der Waals surface area contributed by atoms with E-state index in [1.807, 2.05) is 0 Å². The molecule has 29 heavy (non-hydrogen) atoms. The average molecular weight is 417 g/mol. The summed E-state index contributed by atoms with van der Waals surface area (Å²) in [6.45, 7) is 3.21. The highest BCUT2D eigenvalue weighted by Gasteiger charge is 2.23. The van der Waals surface area contributed by atoms with Crippen LogP contribution in [0.2, 0.25) is 5.02 Å². The molecule has 0 spiro atoms. The topological polar surface area (TPSA) is 101 Å². The van der Waals surface area contributed by atoms with Crippen molar-refractivity contribution in [2.45, 2.75) is 0 Å². The number of halogens is 1. The maximum atomic E-state index is 12.5. The van der Waals surface area contributed by atoms with E-state index < -0.39 is 0 Å². The molecule has 1 aliphatic rings. The quantitative estimate of drug-likeness (QED) is 0.661. The lowest BCUT2D eigenvalue weighted by Gasteiger charge is -2.34. The molecule has 4 rings (SSSR count). The van der Waals surface area contributed by atoms with Crippen molar-refractivity contribution in [1.82, 2.24) is 29.9 Å². The molecule has 1 fully saturated rings. The first-order valence-electron chi connectivity index (χ1n) is 9.16. The average Bonchev–Trinajstić information content (AvgIpc) is 3.10. The number of anilines is 2. The number of rotatable bonds is 5. The first-order valence-corrected chi connectivity index (χ1v) is 9.54. The van der Waals surface area contributed by atoms with Crippen LogP contribution in [0.4, 0.5) is 11.5 Å². The van der Waals surface area contributed by atoms with Crippen LogP contribution in [-0.2, 0) is 11.8 Å². The van der Waals surface area contributed by atoms with Gasteiger partial charge < -0.3 is 15.0 Å². The second kappa shape index (κ2) is 8.18. The fraction of sp³-hybridized carbons (Fsp3) is 0.389. The molecular weight excluding hydrogens is 396 g/mol. The van der Waals surface area contributed by atoms with Gasteiger partial charge in [0.15, 0.2) is 17.0 Å². The van der Waals surface area contributed by atoms with E-state index in [2.05, 4.69) is 35.4 Å². The number of nitrogens with one attached hydrogen (secondary N) is 1. The minimum atomic E-state index is -0.114. The largest absolute Gasteiger partial charge is 0.495 e. The Bertz CT molecular complexity index is 1030. The number of aryl methyl sites for hydroxylation is 1. The molecule has 1 aliphatic heterocycles. The van der Waals surface area contributed by atoms with Crippen LogP contribution in [0.5, 0.6) is 5.75 Å². The predicted octanol–water partition coefficient (Wildman–Crippen LogP) is 1.18. The van der Waals surface area contributed by atoms with Crippen LogP contribution >= 0.6 is 11.6 Å². The van der Waals surface area contributed by atoms with E-state index >= 15 is 0 Å². The Morgan fingerprint density at radius 2 is 2.03 bits per heavy atom. The Kier molecular flexibility index (Phi) is 5.45. The van der Waals surface area contributed by atoms with Crippen molar-refractivity contribution in [1.29, 1.82) is 0 Å². The van der Waals surface area contributed by atoms with Crippen LogP contribution in [0.25, 0.3) is 11.2 Å². The molecule has 0 saturated carbocycles. The van der Waals surface area contributed by atoms with Gasteiger partial charge in [0.2, 0.25) is 5.91 Å². The highest BCUT2D eigenvalue weighted by Crippen LogP contribution is 2.27. The first-order chi connectivity index (χ1) is 14.0. The Morgan fingerprint density at radius 3 is 2.79 bits per heavy atom. The third-order valence-corrected chi connectivity index (χ3v) is 5.08. The van der Waals surface area contributed by atoms with E-state index in [9.17, 15) is 4.79 Å². The van der Waals surface area contributed by atoms with Crippen molar-refractivity contribution < 1.29 is 9.53 Å². The molecule has 3 aromatic rings. The van der Waals surface area contributed by atoms with Crippen LogP contribution < -0.4 is 15.0 Å². The molecule has 1 saturated heterocycles. The summed E-state index contributed by atoms with van der Waals surface area (Å²) in [4.78, 5) is 25.3. The van der Waals surface area contributed by atoms with Gasteiger partial charge in [-0.2, -0.15) is 0 Å². The number of ether oxygens (including phenoxy) is 1. The Hall–Kier alpha value is -2.98. The van der Waals surface area contributed by atoms with Gasteiger partial charge in [-0.05, 0) is 18.2 Å². The van der Waals surface area contributed by atoms with E-state index in [0.29, 0.717) is 27.6 Å². The van der Waals surface area contributed by atoms with Gasteiger partial charge in [0.1, 0.15) is 12.1 Å². The number of methoxy groups -OCH3 is 1. The fourth-order valence-electron chi connectivity index (χ4n) is 3.36. The van der Waals surface area contributed by atoms with Crippen molar-refractivity contribution in [3.05, 3.63) is 29.5 Å². The zero-order valence-corrected chi connectivity index (χ0v) is 16.9. The number of nitrogens with zero attached hydrogens (tertiary/aromatic N) is 7. The van der Waals surface area contributed by atoms with Crippen LogP contribution in [0.3, 0.4) is 0 Å². The number of piperazine rings is 1. The third-order valence-electron chi connectivity index (χ3n) is 4.84. The summed E-state index contributed by atoms with van der Waals surface area (Å²) in [5.41, 5.74) is 1.95. The van der Waals surface area contributed by atoms with Gasteiger partial charge in [-0.15, -0.1) is 5.10 Å². The molecular formula is C18H21ClN8O2. The molecule has 0 radical (unpaired) electrons. The Balaban J connectivity index is 1.36. The summed E-state index contributed by atoms with van der Waals surface area (Å²) in [5, 5.41) is 11.6. The second-order valence-corrected chi connectivity index (χ2v) is 7.17. The maximum absolute atomic E-state index is 12.5. The van der Waals surface area contributed by atoms with Gasteiger partial charge in [0, 0.05) is 38.2 Å². The van der Waals surface area contributed by atoms with Crippen molar-refractivity contribution in [3.8, 4) is 5.75 Å². The van der Waals surface area contributed by atoms with Gasteiger partial charge in [-0.1, -0.05) is 16.8 Å². The lowest BCUT2D eigenvalue weighted by atomic mass is 10.2. The van der Waals surface area contributed by atoms with Gasteiger partial charge in [0.25, 0.3) is 0 Å². The van der Waals surface area contributed by atoms with Gasteiger partial charge in [0.05, 0.1) is 19.3 Å². The lowest BCUT2D eigenvalue weighted by molar-refractivity contribution is -0.117. The van der Waals surface area contributed by atoms with Crippen LogP contribution in [0.15, 0.2) is 24.5 Å². The summed E-state index contributed by atoms with van der Waals surface area (Å²) < 4.78 is 6.90. The first kappa shape index (κ1) is 19.3. The number of amides is 1. The van der Waals surface area contributed by atoms with Crippen LogP contribution in [0, 0.1) is 0 Å². The number of aromatic nitrogens is 5. The highest BCUT2D eigenvalue weighted by atomic mass is 35.5. The molecule has 1 aromatic carbocycles. The normalized spacial score (nSPS) is 14.9. The van der Waals surface area contributed by atoms with E-state index in [0.717, 1.165) is 32.0 Å². The van der Waals surface area contributed by atoms with Crippen LogP contribution in [0.1, 0.15) is 0 Å². The van der Waals surface area contributed by atoms with Crippen molar-refractivity contribution in [2.24, 2.45) is 7.05 Å². The number of carbonyl (C=O) groups is 1. The van der Waals surface area contributed by atoms with Gasteiger partial charge in [-0.3, -0.25) is 9.69 Å². The fourth-order valence-corrected chi connectivity index (χ4v) is 3.53. The third kappa shape index (κ3) is 4.08. The molecule has 0 bridgehead atoms. The summed E-state index contributed by atoms with van der Waals surface area (Å²) in [5.74, 6) is 1.23. The monoisotopic (exact) mass is 416 g/mol. The number of carbonyl (C=O) groups excluding carboxylic acids is 1. The number of hydrogen-bond acceptors (Lipinski definition) is 8. The van der Waals surface area contributed by atoms with Gasteiger partial charge in [-0.25, -0.2) is 14.6 Å². The summed E-state index contributed by atoms with van der Waals surface area (Å²) in [6.07, 6.45) is 1.53. The molecule has 1 N–H and O–H groups in total. The molecule has 10 nitrogen and oxygen atoms in total. The zero-order chi connectivity index (χ0) is 20.4. The van der Waals surface area contributed by atoms with Crippen LogP contribution in [-0.4, -0.2) is 75.6 Å². The number of fused-ring (bicyclic) bond motifs is 1. The minimum Gasteiger partial charge on any atom is -0.495 e. The summed E-state index contributed by atoms with van der Waals surface area (Å²) >= 11 is 6.02. The van der Waals surface area contributed by atoms with E-state index in [-0.39, 0.29) is 12.5 Å². The molecule has 0 atom stereocenters. The standard InChI is InChI=1S/C18H21ClN8O2/c1-25-17-16(23-24-25)18(21-11-20-17)27-7-5-26(6-8-27)10-15(28)22-13-9-12(19)3-4-14(13)29-2/h3-4,9,11H,5-8,10H2,1-2H3,(H,22,28). The van der Waals surface area contributed by atoms with E-state index in [4.69, 9.17) is 16.3 Å². The SMILES string of the molecule is COc1ccc(Cl)cc1NC(=O)CN1CCN(c2ncnc3c2nnn3C)CC1. The Labute approximate surface area is 172 Å². The molecule has 3 heterocycles. The molecule has 152 valence electrons. The number of hydrogen-bond donors (Lipinski definition) is 1. The smallest absolute Gasteiger partial charge is 0.238 e. The minimum absolute atomic E-state index is 0.114.